The first-order chi connectivity index (χ1) is 12.6. The Hall–Kier alpha value is -2.08. The normalized spacial score (nSPS) is 24.3. The standard InChI is InChI=1S/C20H27N3O3/c1-14(19(24)21-17-6-7-17)22-8-10-23(11-9-22)20(25)16-12-15-4-2-3-5-18(15)26-13-16/h2-5,14,16-17H,6-13H2,1H3,(H,21,24). The van der Waals surface area contributed by atoms with Gasteiger partial charge in [-0.25, -0.2) is 0 Å². The average Bonchev–Trinajstić information content (AvgIpc) is 3.50. The molecule has 6 heteroatoms. The van der Waals surface area contributed by atoms with Crippen molar-refractivity contribution in [3.63, 3.8) is 0 Å². The van der Waals surface area contributed by atoms with Crippen molar-refractivity contribution in [1.29, 1.82) is 0 Å². The Balaban J connectivity index is 1.29. The van der Waals surface area contributed by atoms with Gasteiger partial charge in [0.2, 0.25) is 11.8 Å². The van der Waals surface area contributed by atoms with Crippen LogP contribution in [-0.2, 0) is 16.0 Å². The topological polar surface area (TPSA) is 61.9 Å². The molecule has 2 atom stereocenters. The quantitative estimate of drug-likeness (QED) is 0.875. The summed E-state index contributed by atoms with van der Waals surface area (Å²) in [5.41, 5.74) is 1.11. The highest BCUT2D eigenvalue weighted by Crippen LogP contribution is 2.28. The molecule has 2 fully saturated rings. The lowest BCUT2D eigenvalue weighted by Crippen LogP contribution is -2.56. The lowest BCUT2D eigenvalue weighted by atomic mass is 9.95. The zero-order chi connectivity index (χ0) is 18.1. The number of fused-ring (bicyclic) bond motifs is 1. The van der Waals surface area contributed by atoms with Crippen LogP contribution in [0.2, 0.25) is 0 Å². The number of nitrogens with zero attached hydrogens (tertiary/aromatic N) is 2. The van der Waals surface area contributed by atoms with Gasteiger partial charge in [0.1, 0.15) is 12.4 Å². The van der Waals surface area contributed by atoms with Gasteiger partial charge in [-0.1, -0.05) is 18.2 Å². The molecule has 140 valence electrons. The number of carbonyl (C=O) groups excluding carboxylic acids is 2. The largest absolute Gasteiger partial charge is 0.492 e. The molecule has 1 saturated carbocycles. The lowest BCUT2D eigenvalue weighted by molar-refractivity contribution is -0.139. The van der Waals surface area contributed by atoms with Gasteiger partial charge in [0.25, 0.3) is 0 Å². The maximum Gasteiger partial charge on any atom is 0.237 e. The van der Waals surface area contributed by atoms with E-state index in [1.807, 2.05) is 36.1 Å². The first-order valence-corrected chi connectivity index (χ1v) is 9.66. The minimum absolute atomic E-state index is 0.105. The molecule has 0 bridgehead atoms. The van der Waals surface area contributed by atoms with Crippen molar-refractivity contribution in [2.45, 2.75) is 38.3 Å². The third-order valence-electron chi connectivity index (χ3n) is 5.71. The predicted molar refractivity (Wildman–Crippen MR) is 97.9 cm³/mol. The van der Waals surface area contributed by atoms with Crippen molar-refractivity contribution < 1.29 is 14.3 Å². The van der Waals surface area contributed by atoms with Crippen LogP contribution in [0.15, 0.2) is 24.3 Å². The molecule has 0 spiro atoms. The van der Waals surface area contributed by atoms with Gasteiger partial charge in [0.05, 0.1) is 12.0 Å². The Kier molecular flexibility index (Phi) is 4.85. The number of benzene rings is 1. The van der Waals surface area contributed by atoms with E-state index in [-0.39, 0.29) is 23.8 Å². The van der Waals surface area contributed by atoms with Crippen LogP contribution >= 0.6 is 0 Å². The zero-order valence-corrected chi connectivity index (χ0v) is 15.3. The van der Waals surface area contributed by atoms with Crippen molar-refractivity contribution in [2.24, 2.45) is 5.92 Å². The van der Waals surface area contributed by atoms with Crippen LogP contribution in [0.25, 0.3) is 0 Å². The van der Waals surface area contributed by atoms with Crippen molar-refractivity contribution in [3.05, 3.63) is 29.8 Å². The summed E-state index contributed by atoms with van der Waals surface area (Å²) in [6.07, 6.45) is 2.95. The van der Waals surface area contributed by atoms with E-state index in [2.05, 4.69) is 10.2 Å². The molecule has 1 aliphatic carbocycles. The molecule has 6 nitrogen and oxygen atoms in total. The zero-order valence-electron chi connectivity index (χ0n) is 15.3. The highest BCUT2D eigenvalue weighted by molar-refractivity contribution is 5.82. The molecule has 1 N–H and O–H groups in total. The lowest BCUT2D eigenvalue weighted by Gasteiger charge is -2.39. The first kappa shape index (κ1) is 17.3. The van der Waals surface area contributed by atoms with Crippen molar-refractivity contribution in [2.75, 3.05) is 32.8 Å². The van der Waals surface area contributed by atoms with E-state index in [1.54, 1.807) is 0 Å². The van der Waals surface area contributed by atoms with E-state index in [9.17, 15) is 9.59 Å². The number of piperazine rings is 1. The van der Waals surface area contributed by atoms with Crippen LogP contribution in [0.1, 0.15) is 25.3 Å². The molecule has 26 heavy (non-hydrogen) atoms. The Morgan fingerprint density at radius 2 is 1.88 bits per heavy atom. The molecule has 2 unspecified atom stereocenters. The van der Waals surface area contributed by atoms with Crippen LogP contribution in [0.3, 0.4) is 0 Å². The summed E-state index contributed by atoms with van der Waals surface area (Å²) in [4.78, 5) is 29.2. The van der Waals surface area contributed by atoms with Gasteiger partial charge in [-0.05, 0) is 37.8 Å². The molecule has 0 radical (unpaired) electrons. The molecule has 1 aromatic rings. The summed E-state index contributed by atoms with van der Waals surface area (Å²) in [5.74, 6) is 1.09. The van der Waals surface area contributed by atoms with Crippen LogP contribution in [0, 0.1) is 5.92 Å². The molecular formula is C20H27N3O3. The second-order valence-corrected chi connectivity index (χ2v) is 7.64. The van der Waals surface area contributed by atoms with E-state index in [4.69, 9.17) is 4.74 Å². The van der Waals surface area contributed by atoms with E-state index in [0.717, 1.165) is 43.7 Å². The molecule has 1 aromatic carbocycles. The highest BCUT2D eigenvalue weighted by atomic mass is 16.5. The fourth-order valence-corrected chi connectivity index (χ4v) is 3.79. The van der Waals surface area contributed by atoms with Crippen molar-refractivity contribution >= 4 is 11.8 Å². The summed E-state index contributed by atoms with van der Waals surface area (Å²) in [7, 11) is 0. The van der Waals surface area contributed by atoms with E-state index in [1.165, 1.54) is 0 Å². The monoisotopic (exact) mass is 357 g/mol. The Labute approximate surface area is 154 Å². The fraction of sp³-hybridized carbons (Fsp3) is 0.600. The highest BCUT2D eigenvalue weighted by Gasteiger charge is 2.34. The molecule has 2 amide bonds. The maximum absolute atomic E-state index is 12.9. The number of hydrogen-bond donors (Lipinski definition) is 1. The van der Waals surface area contributed by atoms with Crippen LogP contribution in [-0.4, -0.2) is 66.5 Å². The van der Waals surface area contributed by atoms with Gasteiger partial charge >= 0.3 is 0 Å². The molecular weight excluding hydrogens is 330 g/mol. The number of rotatable bonds is 4. The second-order valence-electron chi connectivity index (χ2n) is 7.64. The number of nitrogens with one attached hydrogen (secondary N) is 1. The number of hydrogen-bond acceptors (Lipinski definition) is 4. The maximum atomic E-state index is 12.9. The summed E-state index contributed by atoms with van der Waals surface area (Å²) >= 11 is 0. The van der Waals surface area contributed by atoms with Crippen LogP contribution in [0.5, 0.6) is 5.75 Å². The van der Waals surface area contributed by atoms with E-state index >= 15 is 0 Å². The first-order valence-electron chi connectivity index (χ1n) is 9.66. The molecule has 3 aliphatic rings. The van der Waals surface area contributed by atoms with Gasteiger partial charge in [0.15, 0.2) is 0 Å². The van der Waals surface area contributed by atoms with Crippen molar-refractivity contribution in [3.8, 4) is 5.75 Å². The van der Waals surface area contributed by atoms with Gasteiger partial charge in [-0.2, -0.15) is 0 Å². The van der Waals surface area contributed by atoms with Gasteiger partial charge in [0, 0.05) is 32.2 Å². The average molecular weight is 357 g/mol. The minimum Gasteiger partial charge on any atom is -0.492 e. The smallest absolute Gasteiger partial charge is 0.237 e. The van der Waals surface area contributed by atoms with Gasteiger partial charge in [-0.15, -0.1) is 0 Å². The number of para-hydroxylation sites is 1. The number of amides is 2. The summed E-state index contributed by atoms with van der Waals surface area (Å²) in [5, 5.41) is 3.07. The van der Waals surface area contributed by atoms with E-state index < -0.39 is 0 Å². The van der Waals surface area contributed by atoms with Crippen LogP contribution in [0.4, 0.5) is 0 Å². The minimum atomic E-state index is -0.127. The second kappa shape index (κ2) is 7.27. The Bertz CT molecular complexity index is 681. The molecule has 2 heterocycles. The summed E-state index contributed by atoms with van der Waals surface area (Å²) < 4.78 is 5.77. The molecule has 4 rings (SSSR count). The third-order valence-corrected chi connectivity index (χ3v) is 5.71. The summed E-state index contributed by atoms with van der Waals surface area (Å²) in [6, 6.07) is 8.21. The SMILES string of the molecule is CC(C(=O)NC1CC1)N1CCN(C(=O)C2COc3ccccc3C2)CC1. The third kappa shape index (κ3) is 3.70. The van der Waals surface area contributed by atoms with Gasteiger partial charge in [-0.3, -0.25) is 14.5 Å². The van der Waals surface area contributed by atoms with E-state index in [0.29, 0.717) is 25.7 Å². The Morgan fingerprint density at radius 1 is 1.15 bits per heavy atom. The van der Waals surface area contributed by atoms with Crippen molar-refractivity contribution in [1.82, 2.24) is 15.1 Å². The van der Waals surface area contributed by atoms with Crippen LogP contribution < -0.4 is 10.1 Å². The number of ether oxygens (including phenoxy) is 1. The number of carbonyl (C=O) groups is 2. The predicted octanol–water partition coefficient (Wildman–Crippen LogP) is 1.05. The molecule has 2 aliphatic heterocycles. The Morgan fingerprint density at radius 3 is 2.62 bits per heavy atom. The van der Waals surface area contributed by atoms with Gasteiger partial charge < -0.3 is 15.0 Å². The molecule has 1 saturated heterocycles. The fourth-order valence-electron chi connectivity index (χ4n) is 3.79. The summed E-state index contributed by atoms with van der Waals surface area (Å²) in [6.45, 7) is 5.26. The molecule has 0 aromatic heterocycles.